The Balaban J connectivity index is 1.85. The summed E-state index contributed by atoms with van der Waals surface area (Å²) in [6.45, 7) is 7.48. The van der Waals surface area contributed by atoms with E-state index in [9.17, 15) is 4.79 Å². The zero-order valence-electron chi connectivity index (χ0n) is 16.7. The number of amides is 1. The summed E-state index contributed by atoms with van der Waals surface area (Å²) < 4.78 is 0. The fourth-order valence-electron chi connectivity index (χ4n) is 3.19. The summed E-state index contributed by atoms with van der Waals surface area (Å²) in [7, 11) is 0. The van der Waals surface area contributed by atoms with E-state index in [-0.39, 0.29) is 11.2 Å². The van der Waals surface area contributed by atoms with Crippen LogP contribution in [0.5, 0.6) is 0 Å². The Labute approximate surface area is 171 Å². The summed E-state index contributed by atoms with van der Waals surface area (Å²) in [6, 6.07) is 20.3. The number of likely N-dealkylation sites (N-methyl/N-ethyl adjacent to an activating group) is 1. The first-order valence-electron chi connectivity index (χ1n) is 9.72. The maximum absolute atomic E-state index is 13.2. The molecule has 5 heteroatoms. The van der Waals surface area contributed by atoms with Gasteiger partial charge in [-0.15, -0.1) is 0 Å². The maximum atomic E-state index is 13.2. The molecule has 0 spiro atoms. The number of nitrogens with one attached hydrogen (secondary N) is 1. The molecule has 1 unspecified atom stereocenters. The van der Waals surface area contributed by atoms with Gasteiger partial charge in [-0.1, -0.05) is 72.4 Å². The van der Waals surface area contributed by atoms with Gasteiger partial charge in [-0.3, -0.25) is 4.79 Å². The standard InChI is InChI=1S/C23H27N3OS/c1-4-26(5-2)22(27)21(19-14-10-7-11-15-19)28-23-24-17(3)20(25-23)16-18-12-8-6-9-13-18/h6-15,21H,4-5,16H2,1-3H3,(H,24,25). The van der Waals surface area contributed by atoms with Crippen molar-refractivity contribution in [3.8, 4) is 0 Å². The largest absolute Gasteiger partial charge is 0.342 e. The van der Waals surface area contributed by atoms with Crippen LogP contribution < -0.4 is 0 Å². The predicted octanol–water partition coefficient (Wildman–Crippen LogP) is 5.01. The Morgan fingerprint density at radius 1 is 1.04 bits per heavy atom. The number of hydrogen-bond donors (Lipinski definition) is 1. The highest BCUT2D eigenvalue weighted by Crippen LogP contribution is 2.36. The van der Waals surface area contributed by atoms with Crippen molar-refractivity contribution >= 4 is 17.7 Å². The second-order valence-electron chi connectivity index (χ2n) is 6.70. The molecule has 0 saturated carbocycles. The minimum Gasteiger partial charge on any atom is -0.342 e. The van der Waals surface area contributed by atoms with Crippen molar-refractivity contribution in [3.63, 3.8) is 0 Å². The lowest BCUT2D eigenvalue weighted by Crippen LogP contribution is -2.33. The highest BCUT2D eigenvalue weighted by molar-refractivity contribution is 8.00. The summed E-state index contributed by atoms with van der Waals surface area (Å²) in [4.78, 5) is 23.2. The number of carbonyl (C=O) groups excluding carboxylic acids is 1. The van der Waals surface area contributed by atoms with Gasteiger partial charge in [-0.25, -0.2) is 4.98 Å². The van der Waals surface area contributed by atoms with Crippen molar-refractivity contribution in [2.45, 2.75) is 37.6 Å². The van der Waals surface area contributed by atoms with Crippen LogP contribution in [0.3, 0.4) is 0 Å². The first-order chi connectivity index (χ1) is 13.6. The Bertz CT molecular complexity index is 889. The molecule has 146 valence electrons. The topological polar surface area (TPSA) is 49.0 Å². The normalized spacial score (nSPS) is 12.0. The summed E-state index contributed by atoms with van der Waals surface area (Å²) in [5.74, 6) is 0.125. The van der Waals surface area contributed by atoms with Crippen molar-refractivity contribution in [1.29, 1.82) is 0 Å². The van der Waals surface area contributed by atoms with Crippen LogP contribution in [0.25, 0.3) is 0 Å². The lowest BCUT2D eigenvalue weighted by atomic mass is 10.1. The molecule has 1 heterocycles. The fraction of sp³-hybridized carbons (Fsp3) is 0.304. The van der Waals surface area contributed by atoms with E-state index in [2.05, 4.69) is 17.1 Å². The van der Waals surface area contributed by atoms with Crippen LogP contribution in [-0.2, 0) is 11.2 Å². The fourth-order valence-corrected chi connectivity index (χ4v) is 4.33. The van der Waals surface area contributed by atoms with E-state index < -0.39 is 0 Å². The molecule has 1 aromatic heterocycles. The van der Waals surface area contributed by atoms with Gasteiger partial charge in [0, 0.05) is 25.2 Å². The van der Waals surface area contributed by atoms with E-state index in [0.717, 1.165) is 28.5 Å². The van der Waals surface area contributed by atoms with Crippen molar-refractivity contribution < 1.29 is 4.79 Å². The van der Waals surface area contributed by atoms with Gasteiger partial charge in [0.2, 0.25) is 5.91 Å². The quantitative estimate of drug-likeness (QED) is 0.547. The average Bonchev–Trinajstić information content (AvgIpc) is 3.07. The van der Waals surface area contributed by atoms with E-state index in [1.54, 1.807) is 0 Å². The second-order valence-corrected chi connectivity index (χ2v) is 7.79. The van der Waals surface area contributed by atoms with E-state index in [4.69, 9.17) is 4.98 Å². The zero-order chi connectivity index (χ0) is 19.9. The first kappa shape index (κ1) is 20.2. The van der Waals surface area contributed by atoms with Gasteiger partial charge in [0.05, 0.1) is 5.69 Å². The summed E-state index contributed by atoms with van der Waals surface area (Å²) in [5, 5.41) is 0.481. The third kappa shape index (κ3) is 4.84. The van der Waals surface area contributed by atoms with Crippen molar-refractivity contribution in [3.05, 3.63) is 83.2 Å². The molecular weight excluding hydrogens is 366 g/mol. The first-order valence-corrected chi connectivity index (χ1v) is 10.6. The van der Waals surface area contributed by atoms with Gasteiger partial charge in [0.15, 0.2) is 5.16 Å². The summed E-state index contributed by atoms with van der Waals surface area (Å²) in [5.41, 5.74) is 4.31. The van der Waals surface area contributed by atoms with Crippen LogP contribution in [0, 0.1) is 6.92 Å². The van der Waals surface area contributed by atoms with Gasteiger partial charge in [0.1, 0.15) is 5.25 Å². The molecule has 28 heavy (non-hydrogen) atoms. The molecule has 0 fully saturated rings. The van der Waals surface area contributed by atoms with Crippen LogP contribution in [0.15, 0.2) is 65.8 Å². The lowest BCUT2D eigenvalue weighted by Gasteiger charge is -2.24. The molecule has 0 aliphatic carbocycles. The summed E-state index contributed by atoms with van der Waals surface area (Å²) >= 11 is 1.50. The minimum atomic E-state index is -0.309. The molecule has 0 aliphatic heterocycles. The number of aromatic amines is 1. The van der Waals surface area contributed by atoms with Crippen molar-refractivity contribution in [2.75, 3.05) is 13.1 Å². The highest BCUT2D eigenvalue weighted by Gasteiger charge is 2.27. The molecule has 0 aliphatic rings. The second kappa shape index (κ2) is 9.60. The van der Waals surface area contributed by atoms with Crippen molar-refractivity contribution in [2.24, 2.45) is 0 Å². The van der Waals surface area contributed by atoms with Gasteiger partial charge in [-0.2, -0.15) is 0 Å². The molecule has 1 N–H and O–H groups in total. The Morgan fingerprint density at radius 3 is 2.25 bits per heavy atom. The summed E-state index contributed by atoms with van der Waals surface area (Å²) in [6.07, 6.45) is 0.781. The van der Waals surface area contributed by atoms with Crippen LogP contribution in [0.2, 0.25) is 0 Å². The molecule has 0 saturated heterocycles. The number of imidazole rings is 1. The average molecular weight is 394 g/mol. The molecule has 0 radical (unpaired) electrons. The molecular formula is C23H27N3OS. The third-order valence-corrected chi connectivity index (χ3v) is 5.94. The van der Waals surface area contributed by atoms with E-state index in [0.29, 0.717) is 13.1 Å². The number of thioether (sulfide) groups is 1. The predicted molar refractivity (Wildman–Crippen MR) is 116 cm³/mol. The number of carbonyl (C=O) groups is 1. The molecule has 4 nitrogen and oxygen atoms in total. The highest BCUT2D eigenvalue weighted by atomic mass is 32.2. The third-order valence-electron chi connectivity index (χ3n) is 4.81. The monoisotopic (exact) mass is 393 g/mol. The number of H-pyrrole nitrogens is 1. The number of hydrogen-bond acceptors (Lipinski definition) is 3. The maximum Gasteiger partial charge on any atom is 0.240 e. The SMILES string of the molecule is CCN(CC)C(=O)C(Sc1nc(Cc2ccccc2)c(C)[nH]1)c1ccccc1. The van der Waals surface area contributed by atoms with Crippen LogP contribution in [-0.4, -0.2) is 33.9 Å². The molecule has 1 atom stereocenters. The number of rotatable bonds is 8. The van der Waals surface area contributed by atoms with Gasteiger partial charge < -0.3 is 9.88 Å². The number of benzene rings is 2. The van der Waals surface area contributed by atoms with E-state index in [1.165, 1.54) is 17.3 Å². The Morgan fingerprint density at radius 2 is 1.64 bits per heavy atom. The Kier molecular flexibility index (Phi) is 6.93. The smallest absolute Gasteiger partial charge is 0.240 e. The van der Waals surface area contributed by atoms with Gasteiger partial charge in [-0.05, 0) is 31.9 Å². The van der Waals surface area contributed by atoms with Crippen LogP contribution in [0.1, 0.15) is 41.6 Å². The molecule has 3 aromatic rings. The van der Waals surface area contributed by atoms with Gasteiger partial charge >= 0.3 is 0 Å². The number of nitrogens with zero attached hydrogens (tertiary/aromatic N) is 2. The van der Waals surface area contributed by atoms with Gasteiger partial charge in [0.25, 0.3) is 0 Å². The zero-order valence-corrected chi connectivity index (χ0v) is 17.5. The van der Waals surface area contributed by atoms with E-state index in [1.807, 2.05) is 74.2 Å². The van der Waals surface area contributed by atoms with Crippen LogP contribution in [0.4, 0.5) is 0 Å². The van der Waals surface area contributed by atoms with Crippen LogP contribution >= 0.6 is 11.8 Å². The lowest BCUT2D eigenvalue weighted by molar-refractivity contribution is -0.130. The Hall–Kier alpha value is -2.53. The molecule has 2 aromatic carbocycles. The molecule has 3 rings (SSSR count). The minimum absolute atomic E-state index is 0.125. The number of aryl methyl sites for hydroxylation is 1. The van der Waals surface area contributed by atoms with E-state index >= 15 is 0 Å². The molecule has 1 amide bonds. The van der Waals surface area contributed by atoms with Crippen molar-refractivity contribution in [1.82, 2.24) is 14.9 Å². The molecule has 0 bridgehead atoms. The number of aromatic nitrogens is 2.